The molecule has 5 heteroatoms. The van der Waals surface area contributed by atoms with Gasteiger partial charge in [0, 0.05) is 12.2 Å². The fourth-order valence-electron chi connectivity index (χ4n) is 1.14. The van der Waals surface area contributed by atoms with Crippen LogP contribution in [0.2, 0.25) is 0 Å². The quantitative estimate of drug-likeness (QED) is 0.309. The molecule has 102 valence electrons. The zero-order valence-corrected chi connectivity index (χ0v) is 12.1. The van der Waals surface area contributed by atoms with E-state index in [1.807, 2.05) is 19.9 Å². The molecule has 0 fully saturated rings. The van der Waals surface area contributed by atoms with Crippen molar-refractivity contribution in [3.05, 3.63) is 24.0 Å². The summed E-state index contributed by atoms with van der Waals surface area (Å²) in [5.74, 6) is 0.00410. The molecule has 0 amide bonds. The molecule has 0 bridgehead atoms. The predicted molar refractivity (Wildman–Crippen MR) is 73.2 cm³/mol. The monoisotopic (exact) mass is 272 g/mol. The number of hydrogen-bond donors (Lipinski definition) is 0. The van der Waals surface area contributed by atoms with Crippen LogP contribution in [0.1, 0.15) is 27.7 Å². The van der Waals surface area contributed by atoms with Crippen molar-refractivity contribution in [3.8, 4) is 0 Å². The van der Waals surface area contributed by atoms with Crippen LogP contribution in [0.5, 0.6) is 0 Å². The van der Waals surface area contributed by atoms with Gasteiger partial charge in [0.1, 0.15) is 5.76 Å². The van der Waals surface area contributed by atoms with Crippen LogP contribution in [-0.2, 0) is 19.1 Å². The summed E-state index contributed by atoms with van der Waals surface area (Å²) in [4.78, 5) is 22.2. The largest absolute Gasteiger partial charge is 0.494 e. The van der Waals surface area contributed by atoms with E-state index in [9.17, 15) is 9.59 Å². The van der Waals surface area contributed by atoms with Crippen molar-refractivity contribution in [2.75, 3.05) is 13.2 Å². The fraction of sp³-hybridized carbons (Fsp3) is 0.538. The first-order valence-corrected chi connectivity index (χ1v) is 6.74. The second-order valence-corrected chi connectivity index (χ2v) is 4.96. The number of carbonyl (C=O) groups is 2. The van der Waals surface area contributed by atoms with E-state index < -0.39 is 5.97 Å². The van der Waals surface area contributed by atoms with E-state index in [0.29, 0.717) is 19.0 Å². The fourth-order valence-corrected chi connectivity index (χ4v) is 1.82. The predicted octanol–water partition coefficient (Wildman–Crippen LogP) is 2.69. The van der Waals surface area contributed by atoms with Gasteiger partial charge < -0.3 is 9.47 Å². The lowest BCUT2D eigenvalue weighted by Gasteiger charge is -2.06. The molecule has 0 rings (SSSR count). The molecule has 0 aromatic heterocycles. The molecule has 0 saturated carbocycles. The molecule has 0 aliphatic carbocycles. The number of rotatable bonds is 7. The topological polar surface area (TPSA) is 52.6 Å². The van der Waals surface area contributed by atoms with E-state index in [1.165, 1.54) is 24.8 Å². The second-order valence-electron chi connectivity index (χ2n) is 3.41. The first kappa shape index (κ1) is 16.8. The molecule has 0 saturated heterocycles. The maximum Gasteiger partial charge on any atom is 0.334 e. The third-order valence-corrected chi connectivity index (χ3v) is 2.60. The summed E-state index contributed by atoms with van der Waals surface area (Å²) in [6, 6.07) is 0. The Labute approximate surface area is 112 Å². The Morgan fingerprint density at radius 1 is 1.22 bits per heavy atom. The van der Waals surface area contributed by atoms with Crippen LogP contribution in [0.25, 0.3) is 0 Å². The average molecular weight is 272 g/mol. The molecule has 1 unspecified atom stereocenters. The van der Waals surface area contributed by atoms with E-state index in [4.69, 9.17) is 9.47 Å². The molecule has 0 N–H and O–H groups in total. The Bertz CT molecular complexity index is 334. The summed E-state index contributed by atoms with van der Waals surface area (Å²) >= 11 is 1.22. The molecule has 0 spiro atoms. The Morgan fingerprint density at radius 2 is 1.83 bits per heavy atom. The van der Waals surface area contributed by atoms with Gasteiger partial charge in [-0.15, -0.1) is 0 Å². The normalized spacial score (nSPS) is 13.4. The van der Waals surface area contributed by atoms with Crippen molar-refractivity contribution in [3.63, 3.8) is 0 Å². The SMILES string of the molecule is CCOC(=O)/C=C(\C=C\C(C)SC(C)=O)OCC. The van der Waals surface area contributed by atoms with Crippen molar-refractivity contribution in [1.29, 1.82) is 0 Å². The van der Waals surface area contributed by atoms with Crippen LogP contribution in [0, 0.1) is 0 Å². The van der Waals surface area contributed by atoms with Crippen LogP contribution < -0.4 is 0 Å². The highest BCUT2D eigenvalue weighted by atomic mass is 32.2. The van der Waals surface area contributed by atoms with E-state index in [-0.39, 0.29) is 10.4 Å². The maximum absolute atomic E-state index is 11.3. The molecule has 18 heavy (non-hydrogen) atoms. The summed E-state index contributed by atoms with van der Waals surface area (Å²) in [6.07, 6.45) is 4.79. The molecule has 0 aliphatic heterocycles. The van der Waals surface area contributed by atoms with Gasteiger partial charge >= 0.3 is 5.97 Å². The van der Waals surface area contributed by atoms with Gasteiger partial charge in [-0.1, -0.05) is 17.8 Å². The van der Waals surface area contributed by atoms with Crippen molar-refractivity contribution in [2.45, 2.75) is 32.9 Å². The van der Waals surface area contributed by atoms with Gasteiger partial charge in [-0.2, -0.15) is 0 Å². The second kappa shape index (κ2) is 9.76. The van der Waals surface area contributed by atoms with Crippen LogP contribution in [0.15, 0.2) is 24.0 Å². The number of thioether (sulfide) groups is 1. The molecule has 4 nitrogen and oxygen atoms in total. The number of ether oxygens (including phenoxy) is 2. The zero-order valence-electron chi connectivity index (χ0n) is 11.3. The van der Waals surface area contributed by atoms with Gasteiger partial charge in [0.25, 0.3) is 0 Å². The van der Waals surface area contributed by atoms with Gasteiger partial charge in [-0.25, -0.2) is 4.79 Å². The molecule has 0 aromatic carbocycles. The number of allylic oxidation sites excluding steroid dienone is 1. The molecule has 0 heterocycles. The number of hydrogen-bond acceptors (Lipinski definition) is 5. The highest BCUT2D eigenvalue weighted by Crippen LogP contribution is 2.13. The third-order valence-electron chi connectivity index (χ3n) is 1.74. The van der Waals surface area contributed by atoms with E-state index in [2.05, 4.69) is 0 Å². The summed E-state index contributed by atoms with van der Waals surface area (Å²) in [5, 5.41) is 0.0908. The minimum atomic E-state index is -0.433. The maximum atomic E-state index is 11.3. The van der Waals surface area contributed by atoms with Crippen LogP contribution in [0.4, 0.5) is 0 Å². The lowest BCUT2D eigenvalue weighted by molar-refractivity contribution is -0.137. The van der Waals surface area contributed by atoms with Crippen molar-refractivity contribution in [1.82, 2.24) is 0 Å². The van der Waals surface area contributed by atoms with Gasteiger partial charge in [0.05, 0.1) is 19.3 Å². The summed E-state index contributed by atoms with van der Waals surface area (Å²) in [7, 11) is 0. The van der Waals surface area contributed by atoms with Gasteiger partial charge in [0.2, 0.25) is 0 Å². The van der Waals surface area contributed by atoms with Crippen LogP contribution in [-0.4, -0.2) is 29.5 Å². The smallest absolute Gasteiger partial charge is 0.334 e. The molecule has 0 radical (unpaired) electrons. The van der Waals surface area contributed by atoms with Crippen LogP contribution in [0.3, 0.4) is 0 Å². The van der Waals surface area contributed by atoms with Gasteiger partial charge in [0.15, 0.2) is 5.12 Å². The zero-order chi connectivity index (χ0) is 14.0. The Balaban J connectivity index is 4.55. The number of carbonyl (C=O) groups excluding carboxylic acids is 2. The first-order chi connectivity index (χ1) is 8.49. The van der Waals surface area contributed by atoms with Crippen molar-refractivity contribution in [2.24, 2.45) is 0 Å². The summed E-state index contributed by atoms with van der Waals surface area (Å²) < 4.78 is 10.1. The Kier molecular flexibility index (Phi) is 9.10. The molecule has 0 aliphatic rings. The lowest BCUT2D eigenvalue weighted by Crippen LogP contribution is -2.02. The molecular formula is C13H20O4S. The minimum Gasteiger partial charge on any atom is -0.494 e. The highest BCUT2D eigenvalue weighted by molar-refractivity contribution is 8.14. The molecular weight excluding hydrogens is 252 g/mol. The number of esters is 1. The Morgan fingerprint density at radius 3 is 2.33 bits per heavy atom. The standard InChI is InChI=1S/C13H20O4S/c1-5-16-12(9-13(15)17-6-2)8-7-10(3)18-11(4)14/h7-10H,5-6H2,1-4H3/b8-7+,12-9+. The highest BCUT2D eigenvalue weighted by Gasteiger charge is 2.04. The summed E-state index contributed by atoms with van der Waals surface area (Å²) in [6.45, 7) is 7.79. The van der Waals surface area contributed by atoms with Crippen molar-refractivity contribution < 1.29 is 19.1 Å². The van der Waals surface area contributed by atoms with Gasteiger partial charge in [-0.05, 0) is 26.8 Å². The van der Waals surface area contributed by atoms with Crippen LogP contribution >= 0.6 is 11.8 Å². The van der Waals surface area contributed by atoms with E-state index in [1.54, 1.807) is 13.0 Å². The molecule has 0 aromatic rings. The summed E-state index contributed by atoms with van der Waals surface area (Å²) in [5.41, 5.74) is 0. The lowest BCUT2D eigenvalue weighted by atomic mass is 10.3. The molecule has 1 atom stereocenters. The van der Waals surface area contributed by atoms with E-state index >= 15 is 0 Å². The Hall–Kier alpha value is -1.23. The first-order valence-electron chi connectivity index (χ1n) is 5.86. The van der Waals surface area contributed by atoms with Crippen molar-refractivity contribution >= 4 is 22.8 Å². The van der Waals surface area contributed by atoms with E-state index in [0.717, 1.165) is 0 Å². The minimum absolute atomic E-state index is 0.0357. The average Bonchev–Trinajstić information content (AvgIpc) is 2.25. The van der Waals surface area contributed by atoms with Gasteiger partial charge in [-0.3, -0.25) is 4.79 Å². The third kappa shape index (κ3) is 8.87.